The molecule has 1 aromatic heterocycles. The van der Waals surface area contributed by atoms with Crippen molar-refractivity contribution in [2.75, 3.05) is 44.0 Å². The number of esters is 1. The Morgan fingerprint density at radius 3 is 2.90 bits per heavy atom. The molecule has 1 aliphatic heterocycles. The highest BCUT2D eigenvalue weighted by Gasteiger charge is 2.21. The van der Waals surface area contributed by atoms with Crippen LogP contribution in [0.4, 0.5) is 11.5 Å². The summed E-state index contributed by atoms with van der Waals surface area (Å²) in [6.07, 6.45) is 3.64. The number of hydrogen-bond acceptors (Lipinski definition) is 6. The van der Waals surface area contributed by atoms with Crippen LogP contribution in [0.15, 0.2) is 12.3 Å². The largest absolute Gasteiger partial charge is 0.462 e. The lowest BCUT2D eigenvalue weighted by atomic mass is 10.00. The molecule has 0 atom stereocenters. The van der Waals surface area contributed by atoms with Crippen molar-refractivity contribution in [2.45, 2.75) is 19.8 Å². The highest BCUT2D eigenvalue weighted by molar-refractivity contribution is 5.95. The van der Waals surface area contributed by atoms with Gasteiger partial charge in [0, 0.05) is 26.8 Å². The number of carbonyl (C=O) groups is 1. The molecule has 1 aliphatic rings. The number of ether oxygens (including phenoxy) is 2. The van der Waals surface area contributed by atoms with Crippen LogP contribution < -0.4 is 10.6 Å². The summed E-state index contributed by atoms with van der Waals surface area (Å²) in [5.74, 6) is 0.790. The monoisotopic (exact) mass is 293 g/mol. The van der Waals surface area contributed by atoms with Gasteiger partial charge in [-0.15, -0.1) is 0 Å². The van der Waals surface area contributed by atoms with Crippen LogP contribution in [-0.2, 0) is 9.47 Å². The van der Waals surface area contributed by atoms with E-state index in [1.54, 1.807) is 19.2 Å². The molecule has 21 heavy (non-hydrogen) atoms. The first-order valence-corrected chi connectivity index (χ1v) is 7.33. The first-order valence-electron chi connectivity index (χ1n) is 7.33. The van der Waals surface area contributed by atoms with Gasteiger partial charge in [-0.25, -0.2) is 9.78 Å². The van der Waals surface area contributed by atoms with E-state index in [2.05, 4.69) is 4.98 Å². The Kier molecular flexibility index (Phi) is 5.38. The Hall–Kier alpha value is -1.82. The molecule has 0 spiro atoms. The number of hydrogen-bond donors (Lipinski definition) is 1. The molecule has 1 aromatic rings. The standard InChI is InChI=1S/C15H23N3O3/c1-3-21-15(19)13-8-12(16)9-17-14(13)18(2)10-11-4-6-20-7-5-11/h8-9,11H,3-7,10,16H2,1-2H3. The number of anilines is 2. The van der Waals surface area contributed by atoms with Gasteiger partial charge >= 0.3 is 5.97 Å². The van der Waals surface area contributed by atoms with Crippen molar-refractivity contribution in [3.05, 3.63) is 17.8 Å². The molecule has 0 aliphatic carbocycles. The number of nitrogen functional groups attached to an aromatic ring is 1. The number of rotatable bonds is 5. The highest BCUT2D eigenvalue weighted by atomic mass is 16.5. The molecule has 0 radical (unpaired) electrons. The van der Waals surface area contributed by atoms with Gasteiger partial charge in [-0.3, -0.25) is 0 Å². The predicted octanol–water partition coefficient (Wildman–Crippen LogP) is 1.70. The van der Waals surface area contributed by atoms with E-state index in [1.165, 1.54) is 0 Å². The van der Waals surface area contributed by atoms with Crippen LogP contribution in [0.3, 0.4) is 0 Å². The van der Waals surface area contributed by atoms with Crippen LogP contribution in [0.5, 0.6) is 0 Å². The maximum atomic E-state index is 12.0. The SMILES string of the molecule is CCOC(=O)c1cc(N)cnc1N(C)CC1CCOCC1. The molecule has 0 amide bonds. The fraction of sp³-hybridized carbons (Fsp3) is 0.600. The van der Waals surface area contributed by atoms with E-state index in [0.717, 1.165) is 32.6 Å². The second-order valence-electron chi connectivity index (χ2n) is 5.30. The minimum absolute atomic E-state index is 0.330. The van der Waals surface area contributed by atoms with Gasteiger partial charge in [-0.2, -0.15) is 0 Å². The molecular formula is C15H23N3O3. The topological polar surface area (TPSA) is 77.7 Å². The van der Waals surface area contributed by atoms with Crippen LogP contribution in [0.2, 0.25) is 0 Å². The first-order chi connectivity index (χ1) is 10.1. The summed E-state index contributed by atoms with van der Waals surface area (Å²) in [7, 11) is 1.94. The molecular weight excluding hydrogens is 270 g/mol. The van der Waals surface area contributed by atoms with E-state index in [0.29, 0.717) is 29.6 Å². The minimum Gasteiger partial charge on any atom is -0.462 e. The van der Waals surface area contributed by atoms with Crippen molar-refractivity contribution >= 4 is 17.5 Å². The van der Waals surface area contributed by atoms with Crippen LogP contribution in [0.1, 0.15) is 30.1 Å². The predicted molar refractivity (Wildman–Crippen MR) is 81.4 cm³/mol. The van der Waals surface area contributed by atoms with Crippen molar-refractivity contribution in [3.63, 3.8) is 0 Å². The lowest BCUT2D eigenvalue weighted by Crippen LogP contribution is -2.31. The summed E-state index contributed by atoms with van der Waals surface area (Å²) in [6, 6.07) is 1.63. The third-order valence-corrected chi connectivity index (χ3v) is 3.62. The molecule has 6 nitrogen and oxygen atoms in total. The van der Waals surface area contributed by atoms with Gasteiger partial charge in [0.1, 0.15) is 11.4 Å². The van der Waals surface area contributed by atoms with Crippen molar-refractivity contribution in [1.82, 2.24) is 4.98 Å². The van der Waals surface area contributed by atoms with Crippen molar-refractivity contribution in [2.24, 2.45) is 5.92 Å². The molecule has 1 fully saturated rings. The average Bonchev–Trinajstić information content (AvgIpc) is 2.48. The van der Waals surface area contributed by atoms with E-state index in [1.807, 2.05) is 11.9 Å². The number of nitrogens with two attached hydrogens (primary N) is 1. The van der Waals surface area contributed by atoms with Gasteiger partial charge in [0.15, 0.2) is 0 Å². The van der Waals surface area contributed by atoms with E-state index in [-0.39, 0.29) is 5.97 Å². The quantitative estimate of drug-likeness (QED) is 0.833. The van der Waals surface area contributed by atoms with Crippen LogP contribution >= 0.6 is 0 Å². The van der Waals surface area contributed by atoms with Crippen molar-refractivity contribution in [1.29, 1.82) is 0 Å². The molecule has 0 bridgehead atoms. The average molecular weight is 293 g/mol. The summed E-state index contributed by atoms with van der Waals surface area (Å²) in [6.45, 7) is 4.56. The fourth-order valence-electron chi connectivity index (χ4n) is 2.54. The molecule has 0 aromatic carbocycles. The molecule has 6 heteroatoms. The van der Waals surface area contributed by atoms with Crippen LogP contribution in [0, 0.1) is 5.92 Å². The first kappa shape index (κ1) is 15.6. The summed E-state index contributed by atoms with van der Waals surface area (Å²) >= 11 is 0. The van der Waals surface area contributed by atoms with Gasteiger partial charge in [-0.05, 0) is 31.7 Å². The Morgan fingerprint density at radius 2 is 2.24 bits per heavy atom. The molecule has 2 rings (SSSR count). The zero-order chi connectivity index (χ0) is 15.2. The fourth-order valence-corrected chi connectivity index (χ4v) is 2.54. The van der Waals surface area contributed by atoms with E-state index >= 15 is 0 Å². The molecule has 1 saturated heterocycles. The summed E-state index contributed by atoms with van der Waals surface area (Å²) < 4.78 is 10.5. The Labute approximate surface area is 125 Å². The van der Waals surface area contributed by atoms with E-state index in [9.17, 15) is 4.79 Å². The van der Waals surface area contributed by atoms with Crippen LogP contribution in [0.25, 0.3) is 0 Å². The third kappa shape index (κ3) is 4.07. The number of carbonyl (C=O) groups excluding carboxylic acids is 1. The van der Waals surface area contributed by atoms with Gasteiger partial charge in [0.05, 0.1) is 18.5 Å². The smallest absolute Gasteiger partial charge is 0.341 e. The zero-order valence-electron chi connectivity index (χ0n) is 12.7. The Morgan fingerprint density at radius 1 is 1.52 bits per heavy atom. The third-order valence-electron chi connectivity index (χ3n) is 3.62. The minimum atomic E-state index is -0.383. The molecule has 0 unspecified atom stereocenters. The highest BCUT2D eigenvalue weighted by Crippen LogP contribution is 2.23. The Bertz CT molecular complexity index is 487. The molecule has 2 heterocycles. The molecule has 116 valence electrons. The maximum Gasteiger partial charge on any atom is 0.341 e. The molecule has 0 saturated carbocycles. The summed E-state index contributed by atoms with van der Waals surface area (Å²) in [4.78, 5) is 18.4. The summed E-state index contributed by atoms with van der Waals surface area (Å²) in [5.41, 5.74) is 6.62. The number of aromatic nitrogens is 1. The van der Waals surface area contributed by atoms with Gasteiger partial charge in [0.25, 0.3) is 0 Å². The second kappa shape index (κ2) is 7.26. The number of nitrogens with zero attached hydrogens (tertiary/aromatic N) is 2. The van der Waals surface area contributed by atoms with Crippen molar-refractivity contribution in [3.8, 4) is 0 Å². The van der Waals surface area contributed by atoms with Gasteiger partial charge in [-0.1, -0.05) is 0 Å². The Balaban J connectivity index is 2.14. The zero-order valence-corrected chi connectivity index (χ0v) is 12.7. The lowest BCUT2D eigenvalue weighted by Gasteiger charge is -2.28. The van der Waals surface area contributed by atoms with Crippen LogP contribution in [-0.4, -0.2) is 44.4 Å². The van der Waals surface area contributed by atoms with Gasteiger partial charge in [0.2, 0.25) is 0 Å². The lowest BCUT2D eigenvalue weighted by molar-refractivity contribution is 0.0526. The molecule has 2 N–H and O–H groups in total. The van der Waals surface area contributed by atoms with Crippen molar-refractivity contribution < 1.29 is 14.3 Å². The second-order valence-corrected chi connectivity index (χ2v) is 5.30. The van der Waals surface area contributed by atoms with Gasteiger partial charge < -0.3 is 20.1 Å². The normalized spacial score (nSPS) is 15.7. The summed E-state index contributed by atoms with van der Waals surface area (Å²) in [5, 5.41) is 0. The number of pyridine rings is 1. The maximum absolute atomic E-state index is 12.0. The van der Waals surface area contributed by atoms with E-state index in [4.69, 9.17) is 15.2 Å². The van der Waals surface area contributed by atoms with E-state index < -0.39 is 0 Å².